The van der Waals surface area contributed by atoms with Gasteiger partial charge in [-0.15, -0.1) is 0 Å². The highest BCUT2D eigenvalue weighted by molar-refractivity contribution is 5.43. The zero-order chi connectivity index (χ0) is 7.68. The van der Waals surface area contributed by atoms with Crippen molar-refractivity contribution in [2.24, 2.45) is 0 Å². The second-order valence-electron chi connectivity index (χ2n) is 2.93. The summed E-state index contributed by atoms with van der Waals surface area (Å²) >= 11 is 0. The van der Waals surface area contributed by atoms with Gasteiger partial charge in [-0.1, -0.05) is 0 Å². The highest BCUT2D eigenvalue weighted by Gasteiger charge is 2.11. The van der Waals surface area contributed by atoms with Crippen LogP contribution in [0.15, 0.2) is 6.20 Å². The fourth-order valence-corrected chi connectivity index (χ4v) is 1.33. The lowest BCUT2D eigenvalue weighted by atomic mass is 10.3. The summed E-state index contributed by atoms with van der Waals surface area (Å²) in [5, 5.41) is 10.2. The number of rotatable bonds is 0. The third-order valence-corrected chi connectivity index (χ3v) is 1.95. The first-order valence-electron chi connectivity index (χ1n) is 3.81. The van der Waals surface area contributed by atoms with Gasteiger partial charge >= 0.3 is 0 Å². The molecule has 1 aliphatic rings. The van der Waals surface area contributed by atoms with Gasteiger partial charge in [0.2, 0.25) is 0 Å². The number of nitrogens with zero attached hydrogens (tertiary/aromatic N) is 2. The number of anilines is 1. The molecule has 1 aliphatic heterocycles. The normalized spacial score (nSPS) is 18.6. The van der Waals surface area contributed by atoms with Crippen LogP contribution in [0.2, 0.25) is 0 Å². The Kier molecular flexibility index (Phi) is 1.54. The lowest BCUT2D eigenvalue weighted by molar-refractivity contribution is 0.346. The summed E-state index contributed by atoms with van der Waals surface area (Å²) in [4.78, 5) is 2.27. The second kappa shape index (κ2) is 2.54. The van der Waals surface area contributed by atoms with Crippen molar-refractivity contribution in [2.45, 2.75) is 6.54 Å². The van der Waals surface area contributed by atoms with Crippen molar-refractivity contribution >= 4 is 5.82 Å². The molecule has 0 spiro atoms. The standard InChI is InChI=1S/C7H12N4/c1-11-3-2-8-7-6(5-11)4-9-10-7/h4H,2-3,5H2,1H3,(H2,8,9,10). The third kappa shape index (κ3) is 1.21. The van der Waals surface area contributed by atoms with E-state index in [2.05, 4.69) is 27.5 Å². The van der Waals surface area contributed by atoms with Crippen molar-refractivity contribution in [3.8, 4) is 0 Å². The molecule has 0 aliphatic carbocycles. The molecule has 0 amide bonds. The molecule has 11 heavy (non-hydrogen) atoms. The van der Waals surface area contributed by atoms with Crippen molar-refractivity contribution in [3.63, 3.8) is 0 Å². The SMILES string of the molecule is CN1CCNc2[nH]ncc2C1. The Bertz CT molecular complexity index is 242. The largest absolute Gasteiger partial charge is 0.369 e. The van der Waals surface area contributed by atoms with Gasteiger partial charge in [-0.3, -0.25) is 5.10 Å². The summed E-state index contributed by atoms with van der Waals surface area (Å²) in [6.45, 7) is 3.06. The molecule has 60 valence electrons. The van der Waals surface area contributed by atoms with E-state index in [1.54, 1.807) is 0 Å². The smallest absolute Gasteiger partial charge is 0.125 e. The van der Waals surface area contributed by atoms with Crippen LogP contribution in [0, 0.1) is 0 Å². The molecule has 1 aromatic rings. The number of fused-ring (bicyclic) bond motifs is 1. The molecule has 0 saturated heterocycles. The average molecular weight is 152 g/mol. The van der Waals surface area contributed by atoms with E-state index in [4.69, 9.17) is 0 Å². The lowest BCUT2D eigenvalue weighted by Crippen LogP contribution is -2.21. The highest BCUT2D eigenvalue weighted by atomic mass is 15.2. The maximum Gasteiger partial charge on any atom is 0.125 e. The maximum absolute atomic E-state index is 3.97. The molecule has 2 heterocycles. The van der Waals surface area contributed by atoms with Crippen LogP contribution in [-0.2, 0) is 6.54 Å². The molecular weight excluding hydrogens is 140 g/mol. The monoisotopic (exact) mass is 152 g/mol. The Hall–Kier alpha value is -1.03. The topological polar surface area (TPSA) is 44.0 Å². The fourth-order valence-electron chi connectivity index (χ4n) is 1.33. The minimum Gasteiger partial charge on any atom is -0.369 e. The van der Waals surface area contributed by atoms with Crippen LogP contribution in [0.1, 0.15) is 5.56 Å². The second-order valence-corrected chi connectivity index (χ2v) is 2.93. The third-order valence-electron chi connectivity index (χ3n) is 1.95. The minimum absolute atomic E-state index is 0.985. The van der Waals surface area contributed by atoms with E-state index in [9.17, 15) is 0 Å². The summed E-state index contributed by atoms with van der Waals surface area (Å²) < 4.78 is 0. The van der Waals surface area contributed by atoms with Crippen LogP contribution in [0.25, 0.3) is 0 Å². The lowest BCUT2D eigenvalue weighted by Gasteiger charge is -2.10. The van der Waals surface area contributed by atoms with E-state index in [0.717, 1.165) is 25.5 Å². The molecule has 1 aromatic heterocycles. The van der Waals surface area contributed by atoms with E-state index >= 15 is 0 Å². The zero-order valence-corrected chi connectivity index (χ0v) is 6.59. The van der Waals surface area contributed by atoms with Crippen LogP contribution in [0.5, 0.6) is 0 Å². The van der Waals surface area contributed by atoms with Crippen molar-refractivity contribution in [1.82, 2.24) is 15.1 Å². The molecule has 4 nitrogen and oxygen atoms in total. The first-order valence-corrected chi connectivity index (χ1v) is 3.81. The molecule has 0 aromatic carbocycles. The molecule has 2 rings (SSSR count). The van der Waals surface area contributed by atoms with Gasteiger partial charge in [0.25, 0.3) is 0 Å². The molecule has 0 radical (unpaired) electrons. The summed E-state index contributed by atoms with van der Waals surface area (Å²) in [7, 11) is 2.11. The molecule has 0 bridgehead atoms. The first kappa shape index (κ1) is 6.67. The van der Waals surface area contributed by atoms with Crippen molar-refractivity contribution in [1.29, 1.82) is 0 Å². The Labute approximate surface area is 65.6 Å². The van der Waals surface area contributed by atoms with Crippen LogP contribution >= 0.6 is 0 Å². The molecule has 0 atom stereocenters. The first-order chi connectivity index (χ1) is 5.36. The van der Waals surface area contributed by atoms with E-state index in [-0.39, 0.29) is 0 Å². The Morgan fingerprint density at radius 3 is 3.45 bits per heavy atom. The van der Waals surface area contributed by atoms with Crippen LogP contribution in [0.4, 0.5) is 5.82 Å². The fraction of sp³-hybridized carbons (Fsp3) is 0.571. The van der Waals surface area contributed by atoms with Gasteiger partial charge in [0.1, 0.15) is 5.82 Å². The molecular formula is C7H12N4. The number of aromatic amines is 1. The number of hydrogen-bond acceptors (Lipinski definition) is 3. The Morgan fingerprint density at radius 1 is 1.64 bits per heavy atom. The van der Waals surface area contributed by atoms with E-state index in [1.807, 2.05) is 6.20 Å². The molecule has 0 saturated carbocycles. The predicted octanol–water partition coefficient (Wildman–Crippen LogP) is 0.267. The van der Waals surface area contributed by atoms with Gasteiger partial charge < -0.3 is 10.2 Å². The minimum atomic E-state index is 0.985. The van der Waals surface area contributed by atoms with Crippen LogP contribution in [0.3, 0.4) is 0 Å². The molecule has 0 fully saturated rings. The van der Waals surface area contributed by atoms with Crippen LogP contribution < -0.4 is 5.32 Å². The average Bonchev–Trinajstić information content (AvgIpc) is 2.31. The van der Waals surface area contributed by atoms with Gasteiger partial charge in [0, 0.05) is 25.2 Å². The molecule has 0 unspecified atom stereocenters. The molecule has 4 heteroatoms. The Balaban J connectivity index is 2.26. The number of nitrogens with one attached hydrogen (secondary N) is 2. The summed E-state index contributed by atoms with van der Waals surface area (Å²) in [5.74, 6) is 1.08. The zero-order valence-electron chi connectivity index (χ0n) is 6.59. The van der Waals surface area contributed by atoms with Crippen LogP contribution in [-0.4, -0.2) is 35.2 Å². The Morgan fingerprint density at radius 2 is 2.55 bits per heavy atom. The van der Waals surface area contributed by atoms with Gasteiger partial charge in [-0.2, -0.15) is 5.10 Å². The van der Waals surface area contributed by atoms with Gasteiger partial charge in [0.05, 0.1) is 6.20 Å². The summed E-state index contributed by atoms with van der Waals surface area (Å²) in [5.41, 5.74) is 1.25. The van der Waals surface area contributed by atoms with Gasteiger partial charge in [-0.05, 0) is 7.05 Å². The quantitative estimate of drug-likeness (QED) is 0.560. The van der Waals surface area contributed by atoms with Crippen molar-refractivity contribution < 1.29 is 0 Å². The van der Waals surface area contributed by atoms with Gasteiger partial charge in [0.15, 0.2) is 0 Å². The number of likely N-dealkylation sites (N-methyl/N-ethyl adjacent to an activating group) is 1. The van der Waals surface area contributed by atoms with Gasteiger partial charge in [-0.25, -0.2) is 0 Å². The van der Waals surface area contributed by atoms with E-state index in [0.29, 0.717) is 0 Å². The van der Waals surface area contributed by atoms with E-state index < -0.39 is 0 Å². The predicted molar refractivity (Wildman–Crippen MR) is 43.4 cm³/mol. The highest BCUT2D eigenvalue weighted by Crippen LogP contribution is 2.14. The van der Waals surface area contributed by atoms with E-state index in [1.165, 1.54) is 5.56 Å². The number of hydrogen-bond donors (Lipinski definition) is 2. The summed E-state index contributed by atoms with van der Waals surface area (Å²) in [6, 6.07) is 0. The van der Waals surface area contributed by atoms with Crippen molar-refractivity contribution in [3.05, 3.63) is 11.8 Å². The maximum atomic E-state index is 3.97. The molecule has 2 N–H and O–H groups in total. The summed E-state index contributed by atoms with van der Waals surface area (Å²) in [6.07, 6.45) is 1.88. The number of H-pyrrole nitrogens is 1. The number of aromatic nitrogens is 2. The van der Waals surface area contributed by atoms with Crippen molar-refractivity contribution in [2.75, 3.05) is 25.5 Å².